The van der Waals surface area contributed by atoms with Crippen LogP contribution in [-0.4, -0.2) is 122 Å². The number of hydrogen-bond donors (Lipinski definition) is 8. The number of benzene rings is 2. The van der Waals surface area contributed by atoms with Crippen LogP contribution >= 0.6 is 0 Å². The number of nitrogens with zero attached hydrogens (tertiary/aromatic N) is 3. The van der Waals surface area contributed by atoms with E-state index in [-0.39, 0.29) is 79.3 Å². The summed E-state index contributed by atoms with van der Waals surface area (Å²) in [6.45, 7) is 6.87. The Kier molecular flexibility index (Phi) is 17.5. The second kappa shape index (κ2) is 24.1. The number of ether oxygens (including phenoxy) is 1. The van der Waals surface area contributed by atoms with Gasteiger partial charge in [-0.3, -0.25) is 52.8 Å². The van der Waals surface area contributed by atoms with Gasteiger partial charge in [-0.25, -0.2) is 14.2 Å². The van der Waals surface area contributed by atoms with Crippen LogP contribution < -0.4 is 37.5 Å². The number of carboxylic acid groups (broad SMARTS) is 1. The van der Waals surface area contributed by atoms with Crippen LogP contribution in [0.3, 0.4) is 0 Å². The third-order valence-electron chi connectivity index (χ3n) is 15.5. The highest BCUT2D eigenvalue weighted by molar-refractivity contribution is 6.04. The molecule has 0 spiro atoms. The number of aromatic nitrogens is 2. The molecule has 81 heavy (non-hydrogen) atoms. The molecule has 5 heterocycles. The summed E-state index contributed by atoms with van der Waals surface area (Å²) >= 11 is 0. The van der Waals surface area contributed by atoms with Gasteiger partial charge in [0.2, 0.25) is 47.3 Å². The highest BCUT2D eigenvalue weighted by atomic mass is 19.1. The topological polar surface area (TPSA) is 331 Å². The molecule has 24 heteroatoms. The molecule has 3 aliphatic heterocycles. The van der Waals surface area contributed by atoms with E-state index in [0.717, 1.165) is 0 Å². The van der Waals surface area contributed by atoms with E-state index >= 15 is 4.39 Å². The number of imide groups is 1. The summed E-state index contributed by atoms with van der Waals surface area (Å²) in [5.41, 5.74) is 1.05. The molecule has 23 nitrogen and oxygen atoms in total. The number of cyclic esters (lactones) is 1. The number of hydrogen-bond acceptors (Lipinski definition) is 14. The second-order valence-corrected chi connectivity index (χ2v) is 22.0. The third kappa shape index (κ3) is 12.6. The van der Waals surface area contributed by atoms with E-state index in [1.54, 1.807) is 50.2 Å². The maximum Gasteiger partial charge on any atom is 0.343 e. The summed E-state index contributed by atoms with van der Waals surface area (Å²) in [4.78, 5) is 149. The van der Waals surface area contributed by atoms with Gasteiger partial charge in [0.1, 0.15) is 24.5 Å². The van der Waals surface area contributed by atoms with Crippen molar-refractivity contribution in [3.05, 3.63) is 97.6 Å². The van der Waals surface area contributed by atoms with Crippen LogP contribution in [0, 0.1) is 24.1 Å². The Balaban J connectivity index is 0.854. The van der Waals surface area contributed by atoms with E-state index in [1.807, 2.05) is 20.8 Å². The fourth-order valence-corrected chi connectivity index (χ4v) is 11.0. The zero-order valence-corrected chi connectivity index (χ0v) is 45.7. The fourth-order valence-electron chi connectivity index (χ4n) is 11.0. The van der Waals surface area contributed by atoms with Gasteiger partial charge < -0.3 is 51.4 Å². The van der Waals surface area contributed by atoms with Crippen molar-refractivity contribution in [2.24, 2.45) is 11.3 Å². The zero-order chi connectivity index (χ0) is 58.7. The monoisotopic (exact) mass is 1120 g/mol. The zero-order valence-electron chi connectivity index (χ0n) is 45.7. The number of halogens is 1. The van der Waals surface area contributed by atoms with Gasteiger partial charge in [0.05, 0.1) is 67.0 Å². The molecular formula is C57H66FN9O14. The van der Waals surface area contributed by atoms with Crippen LogP contribution in [-0.2, 0) is 84.3 Å². The highest BCUT2D eigenvalue weighted by Crippen LogP contribution is 2.46. The van der Waals surface area contributed by atoms with Crippen molar-refractivity contribution in [1.29, 1.82) is 0 Å². The Bertz CT molecular complexity index is 3320. The largest absolute Gasteiger partial charge is 0.481 e. The van der Waals surface area contributed by atoms with Gasteiger partial charge >= 0.3 is 11.9 Å². The standard InChI is InChI=1S/C57H66FN9O14/c1-6-57(80)34-20-41-50-32(27-67(41)53(77)33(34)28-81-55(57)79)49-37(17-16-31-29(2)36(58)22-38(65-50)48(31)49)62-45(71)26-61-51(75)39(19-30-13-9-7-10-14-30)64-44(70)25-59-43(69)24-60-52(76)40(23-47(73)74)63-42(68)15-11-8-12-18-66-46(72)21-35(54(66)78)56(3,4)5/h7,9-10,13-14,20,22,35,37,39-40,80H,6,8,11-12,15-19,21,23-28H2,1-5H3,(H,59,69)(H,60,76)(H,61,75)(H,62,71)(H,63,68)(H,64,70)(H,73,74)/t35?,37-,39-,40-,57-/m0/s1. The lowest BCUT2D eigenvalue weighted by Crippen LogP contribution is -2.53. The Morgan fingerprint density at radius 3 is 2.21 bits per heavy atom. The molecule has 0 saturated carbocycles. The molecule has 8 N–H and O–H groups in total. The summed E-state index contributed by atoms with van der Waals surface area (Å²) in [6, 6.07) is 7.96. The molecule has 1 fully saturated rings. The molecule has 430 valence electrons. The van der Waals surface area contributed by atoms with Gasteiger partial charge in [0.25, 0.3) is 5.56 Å². The molecule has 1 aliphatic carbocycles. The second-order valence-electron chi connectivity index (χ2n) is 22.0. The molecule has 5 atom stereocenters. The number of rotatable bonds is 22. The van der Waals surface area contributed by atoms with E-state index in [9.17, 15) is 63.0 Å². The first-order chi connectivity index (χ1) is 38.4. The van der Waals surface area contributed by atoms with E-state index in [1.165, 1.54) is 15.5 Å². The van der Waals surface area contributed by atoms with Crippen LogP contribution in [0.2, 0.25) is 0 Å². The van der Waals surface area contributed by atoms with Crippen molar-refractivity contribution in [3.63, 3.8) is 0 Å². The van der Waals surface area contributed by atoms with Crippen molar-refractivity contribution in [2.45, 2.75) is 136 Å². The average Bonchev–Trinajstić information content (AvgIpc) is 3.98. The first kappa shape index (κ1) is 58.7. The summed E-state index contributed by atoms with van der Waals surface area (Å²) in [5, 5.41) is 36.6. The third-order valence-corrected chi connectivity index (χ3v) is 15.5. The molecule has 4 aromatic rings. The Labute approximate surface area is 464 Å². The lowest BCUT2D eigenvalue weighted by atomic mass is 9.80. The number of aliphatic hydroxyl groups is 1. The number of likely N-dealkylation sites (tertiary alicyclic amines) is 1. The minimum absolute atomic E-state index is 0.00792. The minimum Gasteiger partial charge on any atom is -0.481 e. The number of carbonyl (C=O) groups is 10. The first-order valence-corrected chi connectivity index (χ1v) is 27.0. The number of aryl methyl sites for hydroxylation is 1. The summed E-state index contributed by atoms with van der Waals surface area (Å²) in [5.74, 6) is -8.32. The number of pyridine rings is 2. The normalized spacial score (nSPS) is 18.7. The fraction of sp³-hybridized carbons (Fsp3) is 0.474. The average molecular weight is 1120 g/mol. The Morgan fingerprint density at radius 2 is 1.53 bits per heavy atom. The SMILES string of the molecule is CC[C@@]1(O)C(=O)OCc2c1cc1n(c2=O)Cc2c-1nc1cc(F)c(C)c3c1c2[C@@H](NC(=O)CNC(=O)[C@H](Cc1ccccc1)NC(=O)CNC(=O)CNC(=O)[C@H](CC(=O)O)NC(=O)CCCCCN1C(=O)CC(C(C)(C)C)C1=O)CC3. The summed E-state index contributed by atoms with van der Waals surface area (Å²) < 4.78 is 22.2. The van der Waals surface area contributed by atoms with Crippen LogP contribution in [0.4, 0.5) is 4.39 Å². The quantitative estimate of drug-likeness (QED) is 0.0278. The number of aliphatic carboxylic acids is 1. The van der Waals surface area contributed by atoms with E-state index in [4.69, 9.17) is 9.72 Å². The van der Waals surface area contributed by atoms with Crippen molar-refractivity contribution >= 4 is 70.1 Å². The van der Waals surface area contributed by atoms with E-state index in [0.29, 0.717) is 76.7 Å². The van der Waals surface area contributed by atoms with Crippen LogP contribution in [0.5, 0.6) is 0 Å². The molecule has 0 bridgehead atoms. The van der Waals surface area contributed by atoms with Crippen molar-refractivity contribution in [3.8, 4) is 11.4 Å². The number of carbonyl (C=O) groups excluding carboxylic acids is 9. The van der Waals surface area contributed by atoms with Crippen LogP contribution in [0.25, 0.3) is 22.3 Å². The molecule has 2 aromatic carbocycles. The predicted molar refractivity (Wildman–Crippen MR) is 286 cm³/mol. The van der Waals surface area contributed by atoms with Crippen molar-refractivity contribution in [2.75, 3.05) is 26.2 Å². The van der Waals surface area contributed by atoms with Crippen LogP contribution in [0.1, 0.15) is 124 Å². The summed E-state index contributed by atoms with van der Waals surface area (Å²) in [6.07, 6.45) is 1.04. The Hall–Kier alpha value is -8.41. The maximum absolute atomic E-state index is 15.5. The molecule has 8 amide bonds. The number of amides is 8. The maximum atomic E-state index is 15.5. The molecule has 1 saturated heterocycles. The smallest absolute Gasteiger partial charge is 0.343 e. The van der Waals surface area contributed by atoms with Gasteiger partial charge in [-0.05, 0) is 72.8 Å². The first-order valence-electron chi connectivity index (χ1n) is 27.0. The number of unbranched alkanes of at least 4 members (excludes halogenated alkanes) is 2. The number of fused-ring (bicyclic) bond motifs is 5. The molecule has 2 aromatic heterocycles. The van der Waals surface area contributed by atoms with Gasteiger partial charge in [-0.1, -0.05) is 64.4 Å². The van der Waals surface area contributed by atoms with Crippen molar-refractivity contribution in [1.82, 2.24) is 46.4 Å². The van der Waals surface area contributed by atoms with Gasteiger partial charge in [-0.15, -0.1) is 0 Å². The van der Waals surface area contributed by atoms with Gasteiger partial charge in [0, 0.05) is 48.4 Å². The molecule has 8 rings (SSSR count). The lowest BCUT2D eigenvalue weighted by molar-refractivity contribution is -0.172. The number of nitrogens with one attached hydrogen (secondary N) is 6. The van der Waals surface area contributed by atoms with E-state index in [2.05, 4.69) is 31.9 Å². The van der Waals surface area contributed by atoms with Gasteiger partial charge in [-0.2, -0.15) is 0 Å². The molecule has 1 unspecified atom stereocenters. The van der Waals surface area contributed by atoms with Crippen LogP contribution in [0.15, 0.2) is 47.3 Å². The highest BCUT2D eigenvalue weighted by Gasteiger charge is 2.47. The Morgan fingerprint density at radius 1 is 0.852 bits per heavy atom. The molecule has 0 radical (unpaired) electrons. The van der Waals surface area contributed by atoms with E-state index < -0.39 is 114 Å². The number of esters is 1. The molecule has 4 aliphatic rings. The lowest BCUT2D eigenvalue weighted by Gasteiger charge is -2.31. The molecular weight excluding hydrogens is 1050 g/mol. The number of carboxylic acids is 1. The van der Waals surface area contributed by atoms with Gasteiger partial charge in [0.15, 0.2) is 5.60 Å². The summed E-state index contributed by atoms with van der Waals surface area (Å²) in [7, 11) is 0. The minimum atomic E-state index is -2.08. The predicted octanol–water partition coefficient (Wildman–Crippen LogP) is 1.65. The van der Waals surface area contributed by atoms with Crippen molar-refractivity contribution < 1.29 is 67.3 Å².